The van der Waals surface area contributed by atoms with Crippen molar-refractivity contribution in [1.29, 1.82) is 5.26 Å². The molecule has 0 amide bonds. The number of nitrogen functional groups attached to an aromatic ring is 1. The third-order valence-corrected chi connectivity index (χ3v) is 4.75. The van der Waals surface area contributed by atoms with Crippen molar-refractivity contribution in [3.63, 3.8) is 0 Å². The second kappa shape index (κ2) is 3.80. The molecule has 4 nitrogen and oxygen atoms in total. The summed E-state index contributed by atoms with van der Waals surface area (Å²) < 4.78 is 23.3. The third kappa shape index (κ3) is 2.02. The van der Waals surface area contributed by atoms with Gasteiger partial charge in [-0.3, -0.25) is 0 Å². The summed E-state index contributed by atoms with van der Waals surface area (Å²) in [5, 5.41) is 8.79. The van der Waals surface area contributed by atoms with Crippen LogP contribution in [0, 0.1) is 11.3 Å². The third-order valence-electron chi connectivity index (χ3n) is 2.26. The van der Waals surface area contributed by atoms with Crippen LogP contribution in [0.15, 0.2) is 23.1 Å². The predicted octanol–water partition coefficient (Wildman–Crippen LogP) is 1.71. The Morgan fingerprint density at radius 2 is 1.88 bits per heavy atom. The molecule has 0 spiro atoms. The summed E-state index contributed by atoms with van der Waals surface area (Å²) in [5.74, 6) is 0. The number of hydrogen-bond donors (Lipinski definition) is 1. The average molecular weight is 238 g/mol. The van der Waals surface area contributed by atoms with Crippen LogP contribution in [0.25, 0.3) is 0 Å². The highest BCUT2D eigenvalue weighted by Crippen LogP contribution is 2.26. The smallest absolute Gasteiger partial charge is 0.183 e. The zero-order valence-corrected chi connectivity index (χ0v) is 10.3. The molecule has 0 atom stereocenters. The van der Waals surface area contributed by atoms with Crippen molar-refractivity contribution in [3.8, 4) is 6.07 Å². The highest BCUT2D eigenvalue weighted by atomic mass is 32.2. The average Bonchev–Trinajstić information content (AvgIpc) is 2.16. The fourth-order valence-corrected chi connectivity index (χ4v) is 2.38. The molecule has 0 aliphatic rings. The molecule has 1 aromatic carbocycles. The van der Waals surface area contributed by atoms with Crippen molar-refractivity contribution in [3.05, 3.63) is 23.8 Å². The van der Waals surface area contributed by atoms with Gasteiger partial charge in [-0.2, -0.15) is 5.26 Å². The first kappa shape index (κ1) is 12.5. The summed E-state index contributed by atoms with van der Waals surface area (Å²) in [7, 11) is -3.43. The first-order valence-corrected chi connectivity index (χ1v) is 6.23. The van der Waals surface area contributed by atoms with Crippen molar-refractivity contribution in [1.82, 2.24) is 0 Å². The quantitative estimate of drug-likeness (QED) is 0.755. The van der Waals surface area contributed by atoms with Crippen molar-refractivity contribution in [2.45, 2.75) is 30.4 Å². The molecular formula is C11H14N2O2S. The Balaban J connectivity index is 3.44. The molecule has 0 radical (unpaired) electrons. The molecule has 0 bridgehead atoms. The molecule has 0 unspecified atom stereocenters. The molecular weight excluding hydrogens is 224 g/mol. The lowest BCUT2D eigenvalue weighted by atomic mass is 10.2. The molecule has 0 saturated carbocycles. The second-order valence-electron chi connectivity index (χ2n) is 4.48. The SMILES string of the molecule is CC(C)(C)S(=O)(=O)c1ccc(N)c(C#N)c1. The van der Waals surface area contributed by atoms with Gasteiger partial charge in [-0.15, -0.1) is 0 Å². The van der Waals surface area contributed by atoms with E-state index in [4.69, 9.17) is 11.0 Å². The second-order valence-corrected chi connectivity index (χ2v) is 7.18. The number of hydrogen-bond acceptors (Lipinski definition) is 4. The fourth-order valence-electron chi connectivity index (χ4n) is 1.15. The van der Waals surface area contributed by atoms with Gasteiger partial charge >= 0.3 is 0 Å². The molecule has 0 fully saturated rings. The topological polar surface area (TPSA) is 83.9 Å². The summed E-state index contributed by atoms with van der Waals surface area (Å²) in [4.78, 5) is 0.130. The fraction of sp³-hybridized carbons (Fsp3) is 0.364. The van der Waals surface area contributed by atoms with E-state index in [9.17, 15) is 8.42 Å². The number of nitrogens with two attached hydrogens (primary N) is 1. The maximum absolute atomic E-state index is 12.1. The number of anilines is 1. The Bertz CT molecular complexity index is 548. The molecule has 0 heterocycles. The minimum atomic E-state index is -3.43. The number of rotatable bonds is 1. The Kier molecular flexibility index (Phi) is 2.97. The van der Waals surface area contributed by atoms with Crippen LogP contribution >= 0.6 is 0 Å². The van der Waals surface area contributed by atoms with Gasteiger partial charge in [0.2, 0.25) is 0 Å². The van der Waals surface area contributed by atoms with E-state index < -0.39 is 14.6 Å². The zero-order chi connectivity index (χ0) is 12.6. The van der Waals surface area contributed by atoms with E-state index >= 15 is 0 Å². The van der Waals surface area contributed by atoms with E-state index in [2.05, 4.69) is 0 Å². The summed E-state index contributed by atoms with van der Waals surface area (Å²) >= 11 is 0. The molecule has 5 heteroatoms. The highest BCUT2D eigenvalue weighted by Gasteiger charge is 2.31. The van der Waals surface area contributed by atoms with Crippen LogP contribution in [0.1, 0.15) is 26.3 Å². The monoisotopic (exact) mass is 238 g/mol. The minimum absolute atomic E-state index is 0.130. The van der Waals surface area contributed by atoms with Gasteiger partial charge in [0.05, 0.1) is 15.2 Å². The van der Waals surface area contributed by atoms with Crippen LogP contribution in [0.4, 0.5) is 5.69 Å². The first-order valence-electron chi connectivity index (χ1n) is 4.74. The molecule has 0 saturated heterocycles. The van der Waals surface area contributed by atoms with Gasteiger partial charge in [-0.05, 0) is 39.0 Å². The zero-order valence-electron chi connectivity index (χ0n) is 9.48. The molecule has 2 N–H and O–H groups in total. The van der Waals surface area contributed by atoms with Crippen LogP contribution in [-0.2, 0) is 9.84 Å². The molecule has 16 heavy (non-hydrogen) atoms. The molecule has 0 aliphatic heterocycles. The van der Waals surface area contributed by atoms with Gasteiger partial charge in [-0.25, -0.2) is 8.42 Å². The summed E-state index contributed by atoms with van der Waals surface area (Å²) in [6.07, 6.45) is 0. The van der Waals surface area contributed by atoms with E-state index in [0.29, 0.717) is 0 Å². The van der Waals surface area contributed by atoms with Gasteiger partial charge in [0.15, 0.2) is 9.84 Å². The highest BCUT2D eigenvalue weighted by molar-refractivity contribution is 7.92. The molecule has 86 valence electrons. The number of nitrogens with zero attached hydrogens (tertiary/aromatic N) is 1. The van der Waals surface area contributed by atoms with Gasteiger partial charge in [0, 0.05) is 5.69 Å². The number of sulfone groups is 1. The minimum Gasteiger partial charge on any atom is -0.398 e. The van der Waals surface area contributed by atoms with E-state index in [1.165, 1.54) is 18.2 Å². The van der Waals surface area contributed by atoms with Gasteiger partial charge in [0.25, 0.3) is 0 Å². The first-order chi connectivity index (χ1) is 7.20. The lowest BCUT2D eigenvalue weighted by Crippen LogP contribution is -2.28. The molecule has 1 aromatic rings. The van der Waals surface area contributed by atoms with Crippen molar-refractivity contribution in [2.75, 3.05) is 5.73 Å². The normalized spacial score (nSPS) is 12.1. The van der Waals surface area contributed by atoms with E-state index in [0.717, 1.165) is 0 Å². The maximum atomic E-state index is 12.1. The molecule has 0 aromatic heterocycles. The number of benzene rings is 1. The Labute approximate surface area is 95.6 Å². The van der Waals surface area contributed by atoms with E-state index in [1.807, 2.05) is 6.07 Å². The van der Waals surface area contributed by atoms with Crippen LogP contribution in [-0.4, -0.2) is 13.2 Å². The predicted molar refractivity (Wildman–Crippen MR) is 62.5 cm³/mol. The Morgan fingerprint density at radius 3 is 2.31 bits per heavy atom. The number of nitriles is 1. The Morgan fingerprint density at radius 1 is 1.31 bits per heavy atom. The lowest BCUT2D eigenvalue weighted by Gasteiger charge is -2.19. The standard InChI is InChI=1S/C11H14N2O2S/c1-11(2,3)16(14,15)9-4-5-10(13)8(6-9)7-12/h4-6H,13H2,1-3H3. The summed E-state index contributed by atoms with van der Waals surface area (Å²) in [6.45, 7) is 4.85. The van der Waals surface area contributed by atoms with Crippen molar-refractivity contribution in [2.24, 2.45) is 0 Å². The summed E-state index contributed by atoms with van der Waals surface area (Å²) in [5.41, 5.74) is 6.01. The van der Waals surface area contributed by atoms with Crippen molar-refractivity contribution < 1.29 is 8.42 Å². The largest absolute Gasteiger partial charge is 0.398 e. The van der Waals surface area contributed by atoms with Gasteiger partial charge < -0.3 is 5.73 Å². The Hall–Kier alpha value is -1.54. The maximum Gasteiger partial charge on any atom is 0.183 e. The van der Waals surface area contributed by atoms with Crippen LogP contribution in [0.5, 0.6) is 0 Å². The van der Waals surface area contributed by atoms with Crippen molar-refractivity contribution >= 4 is 15.5 Å². The van der Waals surface area contributed by atoms with Crippen LogP contribution in [0.3, 0.4) is 0 Å². The lowest BCUT2D eigenvalue weighted by molar-refractivity contribution is 0.560. The van der Waals surface area contributed by atoms with E-state index in [1.54, 1.807) is 20.8 Å². The van der Waals surface area contributed by atoms with Crippen LogP contribution < -0.4 is 5.73 Å². The molecule has 1 rings (SSSR count). The van der Waals surface area contributed by atoms with Crippen LogP contribution in [0.2, 0.25) is 0 Å². The van der Waals surface area contributed by atoms with Gasteiger partial charge in [-0.1, -0.05) is 0 Å². The molecule has 0 aliphatic carbocycles. The van der Waals surface area contributed by atoms with E-state index in [-0.39, 0.29) is 16.1 Å². The van der Waals surface area contributed by atoms with Gasteiger partial charge in [0.1, 0.15) is 6.07 Å². The summed E-state index contributed by atoms with van der Waals surface area (Å²) in [6, 6.07) is 6.05.